The summed E-state index contributed by atoms with van der Waals surface area (Å²) in [5.41, 5.74) is 7.71. The van der Waals surface area contributed by atoms with Crippen LogP contribution in [0.5, 0.6) is 0 Å². The fourth-order valence-corrected chi connectivity index (χ4v) is 1.80. The Balaban J connectivity index is 2.64. The SMILES string of the molecule is CNC(=O)c1ccc(NC(=O)CCC(C)CN)c(C)c1. The molecule has 0 saturated carbocycles. The van der Waals surface area contributed by atoms with Gasteiger partial charge in [0.25, 0.3) is 5.91 Å². The molecule has 0 radical (unpaired) electrons. The third kappa shape index (κ3) is 4.66. The van der Waals surface area contributed by atoms with E-state index in [4.69, 9.17) is 5.73 Å². The molecule has 0 fully saturated rings. The van der Waals surface area contributed by atoms with Crippen molar-refractivity contribution in [1.82, 2.24) is 5.32 Å². The smallest absolute Gasteiger partial charge is 0.251 e. The molecule has 2 amide bonds. The maximum absolute atomic E-state index is 11.8. The van der Waals surface area contributed by atoms with Gasteiger partial charge in [-0.15, -0.1) is 0 Å². The van der Waals surface area contributed by atoms with Crippen LogP contribution in [0, 0.1) is 12.8 Å². The van der Waals surface area contributed by atoms with E-state index in [1.54, 1.807) is 25.2 Å². The highest BCUT2D eigenvalue weighted by Gasteiger charge is 2.09. The van der Waals surface area contributed by atoms with E-state index in [1.807, 2.05) is 13.8 Å². The molecule has 0 aliphatic carbocycles. The van der Waals surface area contributed by atoms with E-state index in [2.05, 4.69) is 10.6 Å². The van der Waals surface area contributed by atoms with Gasteiger partial charge >= 0.3 is 0 Å². The molecule has 0 aromatic heterocycles. The molecule has 5 nitrogen and oxygen atoms in total. The first-order chi connectivity index (χ1) is 9.47. The number of hydrogen-bond donors (Lipinski definition) is 3. The molecule has 110 valence electrons. The maximum Gasteiger partial charge on any atom is 0.251 e. The molecule has 0 spiro atoms. The molecule has 0 saturated heterocycles. The van der Waals surface area contributed by atoms with Gasteiger partial charge in [0, 0.05) is 24.7 Å². The molecule has 20 heavy (non-hydrogen) atoms. The number of nitrogens with one attached hydrogen (secondary N) is 2. The Morgan fingerprint density at radius 2 is 2.05 bits per heavy atom. The lowest BCUT2D eigenvalue weighted by Gasteiger charge is -2.11. The quantitative estimate of drug-likeness (QED) is 0.739. The lowest BCUT2D eigenvalue weighted by Crippen LogP contribution is -2.19. The second kappa shape index (κ2) is 7.65. The number of rotatable bonds is 6. The summed E-state index contributed by atoms with van der Waals surface area (Å²) in [5.74, 6) is 0.182. The number of benzene rings is 1. The van der Waals surface area contributed by atoms with E-state index in [1.165, 1.54) is 0 Å². The van der Waals surface area contributed by atoms with Crippen molar-refractivity contribution in [3.8, 4) is 0 Å². The molecule has 1 unspecified atom stereocenters. The summed E-state index contributed by atoms with van der Waals surface area (Å²) in [5, 5.41) is 5.43. The van der Waals surface area contributed by atoms with Crippen molar-refractivity contribution in [1.29, 1.82) is 0 Å². The second-order valence-electron chi connectivity index (χ2n) is 5.04. The van der Waals surface area contributed by atoms with E-state index in [-0.39, 0.29) is 11.8 Å². The Hall–Kier alpha value is -1.88. The summed E-state index contributed by atoms with van der Waals surface area (Å²) in [6, 6.07) is 5.21. The van der Waals surface area contributed by atoms with Gasteiger partial charge in [0.15, 0.2) is 0 Å². The number of carbonyl (C=O) groups excluding carboxylic acids is 2. The first kappa shape index (κ1) is 16.2. The predicted molar refractivity (Wildman–Crippen MR) is 80.7 cm³/mol. The summed E-state index contributed by atoms with van der Waals surface area (Å²) in [6.45, 7) is 4.48. The largest absolute Gasteiger partial charge is 0.355 e. The van der Waals surface area contributed by atoms with Crippen molar-refractivity contribution in [3.05, 3.63) is 29.3 Å². The summed E-state index contributed by atoms with van der Waals surface area (Å²) in [6.07, 6.45) is 1.23. The molecule has 1 atom stereocenters. The van der Waals surface area contributed by atoms with Gasteiger partial charge in [-0.05, 0) is 49.6 Å². The Morgan fingerprint density at radius 1 is 1.35 bits per heavy atom. The van der Waals surface area contributed by atoms with Gasteiger partial charge in [-0.25, -0.2) is 0 Å². The highest BCUT2D eigenvalue weighted by atomic mass is 16.2. The van der Waals surface area contributed by atoms with E-state index in [9.17, 15) is 9.59 Å². The van der Waals surface area contributed by atoms with E-state index >= 15 is 0 Å². The van der Waals surface area contributed by atoms with Gasteiger partial charge in [-0.3, -0.25) is 9.59 Å². The van der Waals surface area contributed by atoms with E-state index < -0.39 is 0 Å². The second-order valence-corrected chi connectivity index (χ2v) is 5.04. The van der Waals surface area contributed by atoms with Crippen LogP contribution in [0.15, 0.2) is 18.2 Å². The standard InChI is InChI=1S/C15H23N3O2/c1-10(9-16)4-7-14(19)18-13-6-5-12(8-11(13)2)15(20)17-3/h5-6,8,10H,4,7,9,16H2,1-3H3,(H,17,20)(H,18,19). The van der Waals surface area contributed by atoms with Crippen LogP contribution in [0.4, 0.5) is 5.69 Å². The Morgan fingerprint density at radius 3 is 2.60 bits per heavy atom. The molecular weight excluding hydrogens is 254 g/mol. The van der Waals surface area contributed by atoms with Crippen LogP contribution in [0.2, 0.25) is 0 Å². The Bertz CT molecular complexity index is 486. The molecule has 1 aromatic rings. The van der Waals surface area contributed by atoms with Gasteiger partial charge in [-0.2, -0.15) is 0 Å². The van der Waals surface area contributed by atoms with Crippen LogP contribution in [-0.4, -0.2) is 25.4 Å². The van der Waals surface area contributed by atoms with E-state index in [0.29, 0.717) is 24.4 Å². The predicted octanol–water partition coefficient (Wildman–Crippen LogP) is 1.67. The van der Waals surface area contributed by atoms with Gasteiger partial charge in [0.05, 0.1) is 0 Å². The molecule has 0 heterocycles. The molecule has 1 rings (SSSR count). The highest BCUT2D eigenvalue weighted by Crippen LogP contribution is 2.17. The summed E-state index contributed by atoms with van der Waals surface area (Å²) in [7, 11) is 1.59. The van der Waals surface area contributed by atoms with Crippen LogP contribution >= 0.6 is 0 Å². The fourth-order valence-electron chi connectivity index (χ4n) is 1.80. The minimum absolute atomic E-state index is 0.0268. The molecule has 0 aliphatic heterocycles. The number of aryl methyl sites for hydroxylation is 1. The third-order valence-electron chi connectivity index (χ3n) is 3.26. The molecule has 4 N–H and O–H groups in total. The van der Waals surface area contributed by atoms with Crippen molar-refractivity contribution in [2.75, 3.05) is 18.9 Å². The van der Waals surface area contributed by atoms with Crippen molar-refractivity contribution in [2.45, 2.75) is 26.7 Å². The Labute approximate surface area is 119 Å². The summed E-state index contributed by atoms with van der Waals surface area (Å²) < 4.78 is 0. The number of carbonyl (C=O) groups is 2. The average molecular weight is 277 g/mol. The molecule has 0 bridgehead atoms. The zero-order valence-corrected chi connectivity index (χ0v) is 12.3. The van der Waals surface area contributed by atoms with Crippen molar-refractivity contribution in [2.24, 2.45) is 11.7 Å². The zero-order valence-electron chi connectivity index (χ0n) is 12.3. The van der Waals surface area contributed by atoms with Gasteiger partial charge in [-0.1, -0.05) is 6.92 Å². The highest BCUT2D eigenvalue weighted by molar-refractivity contribution is 5.96. The van der Waals surface area contributed by atoms with Crippen LogP contribution in [0.25, 0.3) is 0 Å². The first-order valence-electron chi connectivity index (χ1n) is 6.80. The van der Waals surface area contributed by atoms with Gasteiger partial charge in [0.2, 0.25) is 5.91 Å². The van der Waals surface area contributed by atoms with Crippen LogP contribution in [0.1, 0.15) is 35.7 Å². The van der Waals surface area contributed by atoms with Crippen molar-refractivity contribution >= 4 is 17.5 Å². The first-order valence-corrected chi connectivity index (χ1v) is 6.80. The van der Waals surface area contributed by atoms with Gasteiger partial charge in [0.1, 0.15) is 0 Å². The topological polar surface area (TPSA) is 84.2 Å². The van der Waals surface area contributed by atoms with Crippen molar-refractivity contribution < 1.29 is 9.59 Å². The maximum atomic E-state index is 11.8. The van der Waals surface area contributed by atoms with Crippen LogP contribution < -0.4 is 16.4 Å². The zero-order chi connectivity index (χ0) is 15.1. The number of nitrogens with two attached hydrogens (primary N) is 1. The molecule has 0 aliphatic rings. The summed E-state index contributed by atoms with van der Waals surface area (Å²) >= 11 is 0. The third-order valence-corrected chi connectivity index (χ3v) is 3.26. The molecule has 5 heteroatoms. The van der Waals surface area contributed by atoms with Crippen molar-refractivity contribution in [3.63, 3.8) is 0 Å². The number of amides is 2. The van der Waals surface area contributed by atoms with E-state index in [0.717, 1.165) is 17.7 Å². The normalized spacial score (nSPS) is 11.8. The minimum atomic E-state index is -0.136. The number of hydrogen-bond acceptors (Lipinski definition) is 3. The Kier molecular flexibility index (Phi) is 6.18. The fraction of sp³-hybridized carbons (Fsp3) is 0.467. The van der Waals surface area contributed by atoms with Crippen LogP contribution in [-0.2, 0) is 4.79 Å². The minimum Gasteiger partial charge on any atom is -0.355 e. The van der Waals surface area contributed by atoms with Gasteiger partial charge < -0.3 is 16.4 Å². The monoisotopic (exact) mass is 277 g/mol. The number of anilines is 1. The lowest BCUT2D eigenvalue weighted by molar-refractivity contribution is -0.116. The van der Waals surface area contributed by atoms with Crippen LogP contribution in [0.3, 0.4) is 0 Å². The lowest BCUT2D eigenvalue weighted by atomic mass is 10.1. The average Bonchev–Trinajstić information content (AvgIpc) is 2.45. The summed E-state index contributed by atoms with van der Waals surface area (Å²) in [4.78, 5) is 23.3. The molecule has 1 aromatic carbocycles. The molecular formula is C15H23N3O2.